The summed E-state index contributed by atoms with van der Waals surface area (Å²) < 4.78 is 25.9. The van der Waals surface area contributed by atoms with Crippen LogP contribution < -0.4 is 4.72 Å². The van der Waals surface area contributed by atoms with Gasteiger partial charge in [0, 0.05) is 12.1 Å². The summed E-state index contributed by atoms with van der Waals surface area (Å²) in [5.41, 5.74) is 0.679. The van der Waals surface area contributed by atoms with Gasteiger partial charge in [-0.15, -0.1) is 0 Å². The van der Waals surface area contributed by atoms with Crippen LogP contribution >= 0.6 is 0 Å². The Morgan fingerprint density at radius 2 is 2.06 bits per heavy atom. The lowest BCUT2D eigenvalue weighted by atomic mass is 10.2. The van der Waals surface area contributed by atoms with E-state index < -0.39 is 10.0 Å². The van der Waals surface area contributed by atoms with E-state index in [0.717, 1.165) is 12.8 Å². The molecule has 0 atom stereocenters. The normalized spacial score (nSPS) is 19.4. The van der Waals surface area contributed by atoms with Crippen molar-refractivity contribution in [1.29, 1.82) is 0 Å². The minimum Gasteiger partial charge on any atom is -0.267 e. The van der Waals surface area contributed by atoms with Crippen LogP contribution in [0.4, 0.5) is 0 Å². The van der Waals surface area contributed by atoms with Gasteiger partial charge in [0.1, 0.15) is 5.84 Å². The van der Waals surface area contributed by atoms with E-state index in [1.807, 2.05) is 6.07 Å². The third-order valence-electron chi connectivity index (χ3n) is 2.44. The highest BCUT2D eigenvalue weighted by molar-refractivity contribution is 7.90. The van der Waals surface area contributed by atoms with Gasteiger partial charge in [0.2, 0.25) is 0 Å². The Balaban J connectivity index is 2.37. The molecule has 1 aromatic carbocycles. The van der Waals surface area contributed by atoms with Gasteiger partial charge in [-0.3, -0.25) is 9.71 Å². The van der Waals surface area contributed by atoms with Crippen molar-refractivity contribution in [2.45, 2.75) is 24.7 Å². The maximum Gasteiger partial charge on any atom is 0.263 e. The number of unbranched alkanes of at least 4 members (excludes halogenated alkanes) is 1. The van der Waals surface area contributed by atoms with Crippen LogP contribution in [-0.2, 0) is 10.0 Å². The number of hydrogen-bond acceptors (Lipinski definition) is 3. The van der Waals surface area contributed by atoms with Gasteiger partial charge in [0.15, 0.2) is 0 Å². The number of aliphatic imine (C=N–C) groups is 1. The largest absolute Gasteiger partial charge is 0.267 e. The molecule has 1 heterocycles. The van der Waals surface area contributed by atoms with Crippen molar-refractivity contribution in [3.63, 3.8) is 0 Å². The van der Waals surface area contributed by atoms with Crippen LogP contribution in [0, 0.1) is 0 Å². The molecule has 0 aromatic heterocycles. The van der Waals surface area contributed by atoms with Gasteiger partial charge in [0.05, 0.1) is 4.90 Å². The number of amidine groups is 1. The predicted octanol–water partition coefficient (Wildman–Crippen LogP) is 1.53. The van der Waals surface area contributed by atoms with E-state index in [-0.39, 0.29) is 0 Å². The van der Waals surface area contributed by atoms with Crippen molar-refractivity contribution in [1.82, 2.24) is 4.72 Å². The molecule has 1 N–H and O–H groups in total. The number of fused-ring (bicyclic) bond motifs is 1. The molecule has 1 aliphatic rings. The first-order chi connectivity index (χ1) is 7.65. The van der Waals surface area contributed by atoms with Gasteiger partial charge >= 0.3 is 0 Å². The van der Waals surface area contributed by atoms with E-state index >= 15 is 0 Å². The quantitative estimate of drug-likeness (QED) is 0.812. The molecule has 86 valence electrons. The van der Waals surface area contributed by atoms with Crippen LogP contribution in [0.5, 0.6) is 0 Å². The molecular weight excluding hydrogens is 224 g/mol. The molecule has 0 aliphatic carbocycles. The SMILES string of the molecule is CCCCN=C1NS(=O)(=O)c2ccccc21. The molecule has 0 radical (unpaired) electrons. The van der Waals surface area contributed by atoms with E-state index in [0.29, 0.717) is 22.8 Å². The number of hydrogen-bond donors (Lipinski definition) is 1. The first kappa shape index (κ1) is 11.1. The Morgan fingerprint density at radius 1 is 1.31 bits per heavy atom. The molecule has 0 fully saturated rings. The number of benzene rings is 1. The lowest BCUT2D eigenvalue weighted by Gasteiger charge is -1.97. The zero-order valence-electron chi connectivity index (χ0n) is 9.10. The highest BCUT2D eigenvalue weighted by Crippen LogP contribution is 2.22. The summed E-state index contributed by atoms with van der Waals surface area (Å²) in [6.45, 7) is 2.73. The fourth-order valence-corrected chi connectivity index (χ4v) is 2.85. The van der Waals surface area contributed by atoms with Crippen molar-refractivity contribution < 1.29 is 8.42 Å². The minimum atomic E-state index is -3.37. The molecule has 0 spiro atoms. The lowest BCUT2D eigenvalue weighted by Crippen LogP contribution is -2.22. The van der Waals surface area contributed by atoms with E-state index in [1.54, 1.807) is 18.2 Å². The number of nitrogens with zero attached hydrogens (tertiary/aromatic N) is 1. The Labute approximate surface area is 95.5 Å². The Hall–Kier alpha value is -1.36. The molecule has 1 aliphatic heterocycles. The fourth-order valence-electron chi connectivity index (χ4n) is 1.60. The first-order valence-corrected chi connectivity index (χ1v) is 6.80. The predicted molar refractivity (Wildman–Crippen MR) is 63.1 cm³/mol. The van der Waals surface area contributed by atoms with Gasteiger partial charge in [-0.2, -0.15) is 0 Å². The zero-order valence-corrected chi connectivity index (χ0v) is 9.92. The van der Waals surface area contributed by atoms with Crippen molar-refractivity contribution in [2.24, 2.45) is 4.99 Å². The summed E-state index contributed by atoms with van der Waals surface area (Å²) in [6.07, 6.45) is 2.01. The van der Waals surface area contributed by atoms with Crippen molar-refractivity contribution in [2.75, 3.05) is 6.54 Å². The molecule has 0 saturated heterocycles. The topological polar surface area (TPSA) is 58.5 Å². The molecule has 0 saturated carbocycles. The van der Waals surface area contributed by atoms with Gasteiger partial charge in [-0.05, 0) is 18.6 Å². The third kappa shape index (κ3) is 1.95. The molecular formula is C11H14N2O2S. The summed E-state index contributed by atoms with van der Waals surface area (Å²) in [6, 6.07) is 6.90. The molecule has 4 nitrogen and oxygen atoms in total. The van der Waals surface area contributed by atoms with Gasteiger partial charge in [-0.1, -0.05) is 25.5 Å². The summed E-state index contributed by atoms with van der Waals surface area (Å²) >= 11 is 0. The molecule has 16 heavy (non-hydrogen) atoms. The summed E-state index contributed by atoms with van der Waals surface area (Å²) in [7, 11) is -3.37. The van der Waals surface area contributed by atoms with Crippen LogP contribution in [0.3, 0.4) is 0 Å². The summed E-state index contributed by atoms with van der Waals surface area (Å²) in [5, 5.41) is 0. The van der Waals surface area contributed by atoms with Crippen LogP contribution in [0.2, 0.25) is 0 Å². The van der Waals surface area contributed by atoms with E-state index in [2.05, 4.69) is 16.6 Å². The van der Waals surface area contributed by atoms with E-state index in [4.69, 9.17) is 0 Å². The van der Waals surface area contributed by atoms with Crippen LogP contribution in [-0.4, -0.2) is 20.8 Å². The van der Waals surface area contributed by atoms with Gasteiger partial charge in [-0.25, -0.2) is 8.42 Å². The van der Waals surface area contributed by atoms with Gasteiger partial charge < -0.3 is 0 Å². The number of nitrogens with one attached hydrogen (secondary N) is 1. The molecule has 5 heteroatoms. The van der Waals surface area contributed by atoms with E-state index in [1.165, 1.54) is 0 Å². The Kier molecular flexibility index (Phi) is 2.96. The average molecular weight is 238 g/mol. The molecule has 0 amide bonds. The number of rotatable bonds is 3. The highest BCUT2D eigenvalue weighted by Gasteiger charge is 2.29. The fraction of sp³-hybridized carbons (Fsp3) is 0.364. The van der Waals surface area contributed by atoms with Crippen LogP contribution in [0.25, 0.3) is 0 Å². The Bertz CT molecular complexity index is 521. The molecule has 2 rings (SSSR count). The second-order valence-electron chi connectivity index (χ2n) is 3.69. The average Bonchev–Trinajstić information content (AvgIpc) is 2.52. The summed E-state index contributed by atoms with van der Waals surface area (Å²) in [5.74, 6) is 0.476. The maximum atomic E-state index is 11.7. The second kappa shape index (κ2) is 4.25. The lowest BCUT2D eigenvalue weighted by molar-refractivity contribution is 0.595. The smallest absolute Gasteiger partial charge is 0.263 e. The summed E-state index contributed by atoms with van der Waals surface area (Å²) in [4.78, 5) is 4.60. The monoisotopic (exact) mass is 238 g/mol. The molecule has 0 unspecified atom stereocenters. The van der Waals surface area contributed by atoms with Crippen molar-refractivity contribution in [3.05, 3.63) is 29.8 Å². The van der Waals surface area contributed by atoms with Crippen LogP contribution in [0.1, 0.15) is 25.3 Å². The highest BCUT2D eigenvalue weighted by atomic mass is 32.2. The second-order valence-corrected chi connectivity index (χ2v) is 5.34. The maximum absolute atomic E-state index is 11.7. The van der Waals surface area contributed by atoms with E-state index in [9.17, 15) is 8.42 Å². The first-order valence-electron chi connectivity index (χ1n) is 5.32. The molecule has 0 bridgehead atoms. The minimum absolute atomic E-state index is 0.324. The number of sulfonamides is 1. The Morgan fingerprint density at radius 3 is 2.81 bits per heavy atom. The van der Waals surface area contributed by atoms with Crippen molar-refractivity contribution in [3.8, 4) is 0 Å². The zero-order chi connectivity index (χ0) is 11.6. The molecule has 1 aromatic rings. The third-order valence-corrected chi connectivity index (χ3v) is 3.84. The van der Waals surface area contributed by atoms with Crippen molar-refractivity contribution >= 4 is 15.9 Å². The van der Waals surface area contributed by atoms with Crippen LogP contribution in [0.15, 0.2) is 34.2 Å². The van der Waals surface area contributed by atoms with Gasteiger partial charge in [0.25, 0.3) is 10.0 Å². The standard InChI is InChI=1S/C11H14N2O2S/c1-2-3-8-12-11-9-6-4-5-7-10(9)16(14,15)13-11/h4-7H,2-3,8H2,1H3,(H,12,13).